The van der Waals surface area contributed by atoms with Crippen LogP contribution in [0.2, 0.25) is 0 Å². The van der Waals surface area contributed by atoms with Gasteiger partial charge in [0.05, 0.1) is 19.8 Å². The number of benzene rings is 2. The summed E-state index contributed by atoms with van der Waals surface area (Å²) in [5.74, 6) is 0.668. The monoisotopic (exact) mass is 405 g/mol. The predicted molar refractivity (Wildman–Crippen MR) is 101 cm³/mol. The van der Waals surface area contributed by atoms with E-state index < -0.39 is 17.6 Å². The molecule has 1 amide bonds. The summed E-state index contributed by atoms with van der Waals surface area (Å²) in [4.78, 5) is 14.1. The Labute approximate surface area is 165 Å². The lowest BCUT2D eigenvalue weighted by Crippen LogP contribution is -2.25. The van der Waals surface area contributed by atoms with Crippen LogP contribution in [0, 0.1) is 0 Å². The number of alkyl halides is 3. The van der Waals surface area contributed by atoms with Crippen LogP contribution in [0.5, 0.6) is 11.5 Å². The highest BCUT2D eigenvalue weighted by molar-refractivity contribution is 6.04. The van der Waals surface area contributed by atoms with Crippen molar-refractivity contribution in [2.24, 2.45) is 0 Å². The lowest BCUT2D eigenvalue weighted by molar-refractivity contribution is -0.137. The van der Waals surface area contributed by atoms with Crippen LogP contribution in [0.4, 0.5) is 18.9 Å². The molecule has 152 valence electrons. The molecule has 29 heavy (non-hydrogen) atoms. The Balaban J connectivity index is 1.86. The third-order valence-electron chi connectivity index (χ3n) is 4.35. The van der Waals surface area contributed by atoms with Crippen molar-refractivity contribution in [3.05, 3.63) is 65.9 Å². The van der Waals surface area contributed by atoms with E-state index in [-0.39, 0.29) is 17.1 Å². The first kappa shape index (κ1) is 20.3. The average molecular weight is 405 g/mol. The van der Waals surface area contributed by atoms with Gasteiger partial charge in [0.2, 0.25) is 0 Å². The molecule has 0 aliphatic heterocycles. The first-order valence-corrected chi connectivity index (χ1v) is 8.52. The smallest absolute Gasteiger partial charge is 0.416 e. The molecule has 2 aromatic carbocycles. The quantitative estimate of drug-likeness (QED) is 0.581. The number of ether oxygens (including phenoxy) is 2. The van der Waals surface area contributed by atoms with Crippen molar-refractivity contribution < 1.29 is 31.9 Å². The fourth-order valence-corrected chi connectivity index (χ4v) is 2.77. The number of anilines is 1. The summed E-state index contributed by atoms with van der Waals surface area (Å²) >= 11 is 0. The molecule has 0 bridgehead atoms. The van der Waals surface area contributed by atoms with Crippen molar-refractivity contribution in [3.63, 3.8) is 0 Å². The summed E-state index contributed by atoms with van der Waals surface area (Å²) in [7, 11) is 4.54. The largest absolute Gasteiger partial charge is 0.493 e. The van der Waals surface area contributed by atoms with Crippen molar-refractivity contribution >= 4 is 11.6 Å². The molecule has 0 aliphatic carbocycles. The minimum atomic E-state index is -4.46. The molecular weight excluding hydrogens is 387 g/mol. The first-order chi connectivity index (χ1) is 13.7. The highest BCUT2D eigenvalue weighted by atomic mass is 19.4. The second-order valence-corrected chi connectivity index (χ2v) is 6.15. The number of furan rings is 1. The minimum absolute atomic E-state index is 0.00491. The Bertz CT molecular complexity index is 1030. The topological polar surface area (TPSA) is 51.9 Å². The third kappa shape index (κ3) is 4.21. The molecule has 0 spiro atoms. The van der Waals surface area contributed by atoms with E-state index in [1.165, 1.54) is 43.4 Å². The number of nitrogens with zero attached hydrogens (tertiary/aromatic N) is 1. The summed E-state index contributed by atoms with van der Waals surface area (Å²) in [5, 5.41) is 0. The summed E-state index contributed by atoms with van der Waals surface area (Å²) in [6.45, 7) is 0. The van der Waals surface area contributed by atoms with Gasteiger partial charge in [0.15, 0.2) is 17.3 Å². The Morgan fingerprint density at radius 3 is 2.34 bits per heavy atom. The van der Waals surface area contributed by atoms with Crippen molar-refractivity contribution in [1.82, 2.24) is 0 Å². The van der Waals surface area contributed by atoms with Gasteiger partial charge in [-0.15, -0.1) is 0 Å². The second kappa shape index (κ2) is 7.90. The minimum Gasteiger partial charge on any atom is -0.493 e. The number of carbonyl (C=O) groups excluding carboxylic acids is 1. The third-order valence-corrected chi connectivity index (χ3v) is 4.35. The van der Waals surface area contributed by atoms with Gasteiger partial charge in [-0.3, -0.25) is 4.79 Å². The van der Waals surface area contributed by atoms with Crippen molar-refractivity contribution in [2.45, 2.75) is 6.18 Å². The molecule has 0 atom stereocenters. The predicted octanol–water partition coefficient (Wildman–Crippen LogP) is 5.26. The highest BCUT2D eigenvalue weighted by Crippen LogP contribution is 2.34. The van der Waals surface area contributed by atoms with E-state index in [2.05, 4.69) is 0 Å². The molecule has 1 heterocycles. The van der Waals surface area contributed by atoms with Crippen LogP contribution in [0.25, 0.3) is 11.3 Å². The molecule has 3 rings (SSSR count). The summed E-state index contributed by atoms with van der Waals surface area (Å²) in [6, 6.07) is 12.6. The average Bonchev–Trinajstić information content (AvgIpc) is 3.22. The number of halogens is 3. The Kier molecular flexibility index (Phi) is 5.54. The number of hydrogen-bond donors (Lipinski definition) is 0. The number of hydrogen-bond acceptors (Lipinski definition) is 4. The molecule has 5 nitrogen and oxygen atoms in total. The van der Waals surface area contributed by atoms with Crippen LogP contribution in [-0.2, 0) is 6.18 Å². The standard InChI is InChI=1S/C21H18F3NO4/c1-25(15-7-8-17(27-2)19(12-15)28-3)20(26)18-10-9-16(29-18)13-5-4-6-14(11-13)21(22,23)24/h4-12H,1-3H3. The maximum absolute atomic E-state index is 12.9. The van der Waals surface area contributed by atoms with Crippen LogP contribution in [0.1, 0.15) is 16.1 Å². The number of carbonyl (C=O) groups is 1. The van der Waals surface area contributed by atoms with Crippen LogP contribution < -0.4 is 14.4 Å². The van der Waals surface area contributed by atoms with Crippen molar-refractivity contribution in [2.75, 3.05) is 26.2 Å². The van der Waals surface area contributed by atoms with E-state index in [0.717, 1.165) is 12.1 Å². The van der Waals surface area contributed by atoms with Gasteiger partial charge >= 0.3 is 6.18 Å². The molecule has 0 saturated heterocycles. The zero-order chi connectivity index (χ0) is 21.2. The van der Waals surface area contributed by atoms with Gasteiger partial charge in [0.1, 0.15) is 5.76 Å². The maximum atomic E-state index is 12.9. The number of methoxy groups -OCH3 is 2. The van der Waals surface area contributed by atoms with E-state index in [9.17, 15) is 18.0 Å². The van der Waals surface area contributed by atoms with E-state index in [0.29, 0.717) is 17.2 Å². The Hall–Kier alpha value is -3.42. The molecule has 0 unspecified atom stereocenters. The van der Waals surface area contributed by atoms with E-state index >= 15 is 0 Å². The molecule has 8 heteroatoms. The Morgan fingerprint density at radius 1 is 0.966 bits per heavy atom. The van der Waals surface area contributed by atoms with E-state index in [1.807, 2.05) is 0 Å². The van der Waals surface area contributed by atoms with Crippen LogP contribution in [-0.4, -0.2) is 27.2 Å². The molecule has 0 N–H and O–H groups in total. The molecule has 0 fully saturated rings. The van der Waals surface area contributed by atoms with Crippen molar-refractivity contribution in [1.29, 1.82) is 0 Å². The fraction of sp³-hybridized carbons (Fsp3) is 0.190. The normalized spacial score (nSPS) is 11.2. The number of amides is 1. The first-order valence-electron chi connectivity index (χ1n) is 8.52. The van der Waals surface area contributed by atoms with E-state index in [1.54, 1.807) is 25.2 Å². The van der Waals surface area contributed by atoms with Gasteiger partial charge < -0.3 is 18.8 Å². The lowest BCUT2D eigenvalue weighted by Gasteiger charge is -2.18. The zero-order valence-electron chi connectivity index (χ0n) is 15.9. The summed E-state index contributed by atoms with van der Waals surface area (Å²) in [5.41, 5.74) is -0.0287. The van der Waals surface area contributed by atoms with E-state index in [4.69, 9.17) is 13.9 Å². The SMILES string of the molecule is COc1ccc(N(C)C(=O)c2ccc(-c3cccc(C(F)(F)F)c3)o2)cc1OC. The van der Waals surface area contributed by atoms with Crippen LogP contribution in [0.15, 0.2) is 59.0 Å². The fourth-order valence-electron chi connectivity index (χ4n) is 2.77. The summed E-state index contributed by atoms with van der Waals surface area (Å²) < 4.78 is 54.7. The Morgan fingerprint density at radius 2 is 1.69 bits per heavy atom. The molecule has 0 saturated carbocycles. The molecule has 0 radical (unpaired) electrons. The maximum Gasteiger partial charge on any atom is 0.416 e. The van der Waals surface area contributed by atoms with Gasteiger partial charge in [-0.25, -0.2) is 0 Å². The molecular formula is C21H18F3NO4. The second-order valence-electron chi connectivity index (χ2n) is 6.15. The highest BCUT2D eigenvalue weighted by Gasteiger charge is 2.30. The van der Waals surface area contributed by atoms with Gasteiger partial charge in [-0.2, -0.15) is 13.2 Å². The van der Waals surface area contributed by atoms with Gasteiger partial charge in [0.25, 0.3) is 5.91 Å². The lowest BCUT2D eigenvalue weighted by atomic mass is 10.1. The number of rotatable bonds is 5. The molecule has 0 aliphatic rings. The van der Waals surface area contributed by atoms with Crippen LogP contribution >= 0.6 is 0 Å². The zero-order valence-corrected chi connectivity index (χ0v) is 15.9. The van der Waals surface area contributed by atoms with Crippen molar-refractivity contribution in [3.8, 4) is 22.8 Å². The van der Waals surface area contributed by atoms with Gasteiger partial charge in [-0.05, 0) is 36.4 Å². The van der Waals surface area contributed by atoms with Gasteiger partial charge in [-0.1, -0.05) is 12.1 Å². The molecule has 1 aromatic heterocycles. The summed E-state index contributed by atoms with van der Waals surface area (Å²) in [6.07, 6.45) is -4.46. The van der Waals surface area contributed by atoms with Crippen LogP contribution in [0.3, 0.4) is 0 Å². The van der Waals surface area contributed by atoms with Gasteiger partial charge in [0, 0.05) is 24.4 Å². The molecule has 3 aromatic rings.